The quantitative estimate of drug-likeness (QED) is 0.822. The van der Waals surface area contributed by atoms with Gasteiger partial charge < -0.3 is 10.1 Å². The lowest BCUT2D eigenvalue weighted by Crippen LogP contribution is -2.38. The van der Waals surface area contributed by atoms with Gasteiger partial charge in [-0.1, -0.05) is 18.2 Å². The molecule has 1 N–H and O–H groups in total. The molecular formula is C20H25N3O2. The second-order valence-corrected chi connectivity index (χ2v) is 6.95. The number of nitrogens with one attached hydrogen (secondary N) is 1. The number of hydrogen-bond donors (Lipinski definition) is 1. The molecule has 5 nitrogen and oxygen atoms in total. The van der Waals surface area contributed by atoms with Crippen LogP contribution < -0.4 is 5.32 Å². The van der Waals surface area contributed by atoms with E-state index in [-0.39, 0.29) is 5.91 Å². The Hall–Kier alpha value is -1.98. The zero-order valence-corrected chi connectivity index (χ0v) is 14.5. The molecule has 1 aromatic heterocycles. The number of nitrogens with zero attached hydrogens (tertiary/aromatic N) is 2. The second kappa shape index (κ2) is 7.50. The number of para-hydroxylation sites is 1. The molecule has 0 bridgehead atoms. The smallest absolute Gasteiger partial charge is 0.252 e. The molecule has 25 heavy (non-hydrogen) atoms. The Balaban J connectivity index is 1.40. The van der Waals surface area contributed by atoms with Gasteiger partial charge in [0.25, 0.3) is 5.91 Å². The topological polar surface area (TPSA) is 54.5 Å². The van der Waals surface area contributed by atoms with Crippen molar-refractivity contribution in [2.45, 2.75) is 25.2 Å². The van der Waals surface area contributed by atoms with Gasteiger partial charge in [-0.3, -0.25) is 14.7 Å². The predicted molar refractivity (Wildman–Crippen MR) is 97.9 cm³/mol. The number of amides is 1. The summed E-state index contributed by atoms with van der Waals surface area (Å²) >= 11 is 0. The van der Waals surface area contributed by atoms with E-state index in [0.29, 0.717) is 12.5 Å². The van der Waals surface area contributed by atoms with Crippen LogP contribution in [0.1, 0.15) is 41.2 Å². The number of benzene rings is 1. The number of ether oxygens (including phenoxy) is 1. The van der Waals surface area contributed by atoms with E-state index in [2.05, 4.69) is 10.2 Å². The summed E-state index contributed by atoms with van der Waals surface area (Å²) in [6.07, 6.45) is 3.34. The first-order valence-corrected chi connectivity index (χ1v) is 9.29. The molecule has 2 aromatic rings. The minimum atomic E-state index is 0.0162. The summed E-state index contributed by atoms with van der Waals surface area (Å²) in [6, 6.07) is 9.93. The van der Waals surface area contributed by atoms with Crippen LogP contribution >= 0.6 is 0 Å². The number of morpholine rings is 1. The maximum Gasteiger partial charge on any atom is 0.252 e. The van der Waals surface area contributed by atoms with E-state index in [0.717, 1.165) is 61.4 Å². The summed E-state index contributed by atoms with van der Waals surface area (Å²) in [4.78, 5) is 19.9. The van der Waals surface area contributed by atoms with E-state index in [1.807, 2.05) is 30.3 Å². The number of fused-ring (bicyclic) bond motifs is 1. The molecule has 1 aliphatic carbocycles. The summed E-state index contributed by atoms with van der Waals surface area (Å²) in [5.74, 6) is 0.556. The molecule has 2 aliphatic rings. The van der Waals surface area contributed by atoms with E-state index in [9.17, 15) is 4.79 Å². The Labute approximate surface area is 148 Å². The Morgan fingerprint density at radius 1 is 1.24 bits per heavy atom. The average molecular weight is 339 g/mol. The molecule has 1 aliphatic heterocycles. The van der Waals surface area contributed by atoms with Crippen molar-refractivity contribution < 1.29 is 9.53 Å². The van der Waals surface area contributed by atoms with Crippen molar-refractivity contribution in [3.05, 3.63) is 41.6 Å². The van der Waals surface area contributed by atoms with Crippen molar-refractivity contribution in [1.29, 1.82) is 0 Å². The van der Waals surface area contributed by atoms with Gasteiger partial charge in [0, 0.05) is 36.6 Å². The molecule has 0 atom stereocenters. The van der Waals surface area contributed by atoms with Crippen LogP contribution in [0.3, 0.4) is 0 Å². The van der Waals surface area contributed by atoms with Crippen molar-refractivity contribution in [1.82, 2.24) is 15.2 Å². The summed E-state index contributed by atoms with van der Waals surface area (Å²) in [7, 11) is 0. The highest BCUT2D eigenvalue weighted by Gasteiger charge is 2.26. The number of hydrogen-bond acceptors (Lipinski definition) is 4. The van der Waals surface area contributed by atoms with Crippen molar-refractivity contribution >= 4 is 16.8 Å². The van der Waals surface area contributed by atoms with Gasteiger partial charge >= 0.3 is 0 Å². The number of aromatic nitrogens is 1. The molecule has 2 fully saturated rings. The molecule has 2 heterocycles. The standard InChI is InChI=1S/C20H25N3O2/c24-20(21-8-3-9-23-10-12-25-13-11-23)17-14-19(15-6-7-15)22-18-5-2-1-4-16(17)18/h1-2,4-5,14-15H,3,6-13H2,(H,21,24). The predicted octanol–water partition coefficient (Wildman–Crippen LogP) is 2.56. The van der Waals surface area contributed by atoms with Crippen LogP contribution in [-0.2, 0) is 4.74 Å². The van der Waals surface area contributed by atoms with Crippen LogP contribution in [0.15, 0.2) is 30.3 Å². The highest BCUT2D eigenvalue weighted by molar-refractivity contribution is 6.06. The summed E-state index contributed by atoms with van der Waals surface area (Å²) < 4.78 is 5.36. The first kappa shape index (κ1) is 16.5. The first-order chi connectivity index (χ1) is 12.3. The van der Waals surface area contributed by atoms with Crippen LogP contribution in [0, 0.1) is 0 Å². The van der Waals surface area contributed by atoms with Gasteiger partial charge in [-0.25, -0.2) is 0 Å². The fraction of sp³-hybridized carbons (Fsp3) is 0.500. The summed E-state index contributed by atoms with van der Waals surface area (Å²) in [5, 5.41) is 4.03. The normalized spacial score (nSPS) is 18.4. The van der Waals surface area contributed by atoms with E-state index < -0.39 is 0 Å². The molecule has 1 saturated carbocycles. The summed E-state index contributed by atoms with van der Waals surface area (Å²) in [5.41, 5.74) is 2.75. The lowest BCUT2D eigenvalue weighted by atomic mass is 10.1. The molecule has 1 saturated heterocycles. The highest BCUT2D eigenvalue weighted by Crippen LogP contribution is 2.40. The average Bonchev–Trinajstić information content (AvgIpc) is 3.50. The monoisotopic (exact) mass is 339 g/mol. The fourth-order valence-electron chi connectivity index (χ4n) is 3.40. The maximum atomic E-state index is 12.7. The zero-order chi connectivity index (χ0) is 17.1. The Morgan fingerprint density at radius 3 is 2.84 bits per heavy atom. The third-order valence-corrected chi connectivity index (χ3v) is 5.02. The molecule has 0 spiro atoms. The summed E-state index contributed by atoms with van der Waals surface area (Å²) in [6.45, 7) is 5.33. The number of carbonyl (C=O) groups excluding carboxylic acids is 1. The molecular weight excluding hydrogens is 314 g/mol. The van der Waals surface area contributed by atoms with Gasteiger partial charge in [0.05, 0.1) is 24.3 Å². The van der Waals surface area contributed by atoms with E-state index in [1.165, 1.54) is 12.8 Å². The largest absolute Gasteiger partial charge is 0.379 e. The third-order valence-electron chi connectivity index (χ3n) is 5.02. The molecule has 1 aromatic carbocycles. The van der Waals surface area contributed by atoms with Gasteiger partial charge in [0.1, 0.15) is 0 Å². The Morgan fingerprint density at radius 2 is 2.04 bits per heavy atom. The lowest BCUT2D eigenvalue weighted by Gasteiger charge is -2.26. The van der Waals surface area contributed by atoms with Crippen LogP contribution in [0.4, 0.5) is 0 Å². The number of carbonyl (C=O) groups is 1. The molecule has 1 amide bonds. The third kappa shape index (κ3) is 3.99. The Kier molecular flexibility index (Phi) is 4.95. The minimum Gasteiger partial charge on any atom is -0.379 e. The van der Waals surface area contributed by atoms with Crippen molar-refractivity contribution in [2.75, 3.05) is 39.4 Å². The fourth-order valence-corrected chi connectivity index (χ4v) is 3.40. The van der Waals surface area contributed by atoms with Crippen molar-refractivity contribution in [2.24, 2.45) is 0 Å². The van der Waals surface area contributed by atoms with Gasteiger partial charge in [-0.2, -0.15) is 0 Å². The van der Waals surface area contributed by atoms with E-state index in [1.54, 1.807) is 0 Å². The zero-order valence-electron chi connectivity index (χ0n) is 14.5. The number of rotatable bonds is 6. The molecule has 0 radical (unpaired) electrons. The van der Waals surface area contributed by atoms with Crippen LogP contribution in [0.25, 0.3) is 10.9 Å². The van der Waals surface area contributed by atoms with Crippen molar-refractivity contribution in [3.63, 3.8) is 0 Å². The van der Waals surface area contributed by atoms with E-state index >= 15 is 0 Å². The number of pyridine rings is 1. The van der Waals surface area contributed by atoms with Crippen molar-refractivity contribution in [3.8, 4) is 0 Å². The van der Waals surface area contributed by atoms with Gasteiger partial charge in [0.15, 0.2) is 0 Å². The highest BCUT2D eigenvalue weighted by atomic mass is 16.5. The van der Waals surface area contributed by atoms with Crippen LogP contribution in [-0.4, -0.2) is 55.2 Å². The lowest BCUT2D eigenvalue weighted by molar-refractivity contribution is 0.0374. The van der Waals surface area contributed by atoms with Crippen LogP contribution in [0.2, 0.25) is 0 Å². The SMILES string of the molecule is O=C(NCCCN1CCOCC1)c1cc(C2CC2)nc2ccccc12. The molecule has 4 rings (SSSR count). The van der Waals surface area contributed by atoms with E-state index in [4.69, 9.17) is 9.72 Å². The van der Waals surface area contributed by atoms with Gasteiger partial charge in [-0.05, 0) is 37.9 Å². The molecule has 0 unspecified atom stereocenters. The molecule has 5 heteroatoms. The first-order valence-electron chi connectivity index (χ1n) is 9.29. The van der Waals surface area contributed by atoms with Gasteiger partial charge in [-0.15, -0.1) is 0 Å². The van der Waals surface area contributed by atoms with Gasteiger partial charge in [0.2, 0.25) is 0 Å². The Bertz CT molecular complexity index is 752. The second-order valence-electron chi connectivity index (χ2n) is 6.95. The van der Waals surface area contributed by atoms with Crippen LogP contribution in [0.5, 0.6) is 0 Å². The molecule has 132 valence electrons. The minimum absolute atomic E-state index is 0.0162. The maximum absolute atomic E-state index is 12.7.